The number of sulfone groups is 1. The van der Waals surface area contributed by atoms with Gasteiger partial charge in [-0.2, -0.15) is 0 Å². The molecule has 7 nitrogen and oxygen atoms in total. The number of nitro benzene ring substituents is 1. The summed E-state index contributed by atoms with van der Waals surface area (Å²) in [4.78, 5) is 10.2. The normalized spacial score (nSPS) is 11.2. The third-order valence-electron chi connectivity index (χ3n) is 3.36. The molecule has 0 aromatic heterocycles. The molecule has 2 aromatic carbocycles. The number of para-hydroxylation sites is 1. The van der Waals surface area contributed by atoms with Gasteiger partial charge in [0.2, 0.25) is 0 Å². The predicted molar refractivity (Wildman–Crippen MR) is 91.1 cm³/mol. The van der Waals surface area contributed by atoms with Gasteiger partial charge < -0.3 is 10.1 Å². The summed E-state index contributed by atoms with van der Waals surface area (Å²) in [6, 6.07) is 8.33. The Morgan fingerprint density at radius 1 is 1.28 bits per heavy atom. The third kappa shape index (κ3) is 4.44. The van der Waals surface area contributed by atoms with Crippen molar-refractivity contribution >= 4 is 21.2 Å². The molecule has 0 atom stereocenters. The lowest BCUT2D eigenvalue weighted by molar-refractivity contribution is -0.386. The molecule has 9 heteroatoms. The molecule has 0 saturated heterocycles. The number of hydrogen-bond donors (Lipinski definition) is 1. The Balaban J connectivity index is 2.30. The fraction of sp³-hybridized carbons (Fsp3) is 0.250. The molecular weight excluding hydrogens is 351 g/mol. The average Bonchev–Trinajstić information content (AvgIpc) is 2.54. The summed E-state index contributed by atoms with van der Waals surface area (Å²) >= 11 is 0. The topological polar surface area (TPSA) is 98.5 Å². The van der Waals surface area contributed by atoms with E-state index in [-0.39, 0.29) is 22.9 Å². The fourth-order valence-corrected chi connectivity index (χ4v) is 3.14. The number of nitrogens with zero attached hydrogens (tertiary/aromatic N) is 1. The van der Waals surface area contributed by atoms with Crippen molar-refractivity contribution in [2.75, 3.05) is 18.2 Å². The summed E-state index contributed by atoms with van der Waals surface area (Å²) in [6.45, 7) is 2.15. The molecule has 0 radical (unpaired) electrons. The molecule has 134 valence electrons. The van der Waals surface area contributed by atoms with Gasteiger partial charge in [0.05, 0.1) is 11.5 Å². The number of nitrogens with one attached hydrogen (secondary N) is 1. The van der Waals surface area contributed by atoms with Crippen molar-refractivity contribution in [3.8, 4) is 5.75 Å². The molecule has 0 amide bonds. The average molecular weight is 368 g/mol. The van der Waals surface area contributed by atoms with Gasteiger partial charge in [-0.3, -0.25) is 10.1 Å². The first-order valence-electron chi connectivity index (χ1n) is 7.36. The van der Waals surface area contributed by atoms with E-state index in [9.17, 15) is 22.9 Å². The van der Waals surface area contributed by atoms with Gasteiger partial charge in [-0.1, -0.05) is 12.1 Å². The third-order valence-corrected chi connectivity index (χ3v) is 4.49. The number of anilines is 1. The van der Waals surface area contributed by atoms with Crippen LogP contribution in [0.25, 0.3) is 0 Å². The number of benzene rings is 2. The smallest absolute Gasteiger partial charge is 0.310 e. The van der Waals surface area contributed by atoms with Gasteiger partial charge >= 0.3 is 5.69 Å². The second-order valence-electron chi connectivity index (χ2n) is 5.23. The zero-order valence-electron chi connectivity index (χ0n) is 13.7. The van der Waals surface area contributed by atoms with Crippen LogP contribution in [-0.2, 0) is 16.4 Å². The number of hydrogen-bond acceptors (Lipinski definition) is 6. The Morgan fingerprint density at radius 3 is 2.56 bits per heavy atom. The van der Waals surface area contributed by atoms with E-state index in [2.05, 4.69) is 5.32 Å². The van der Waals surface area contributed by atoms with E-state index in [4.69, 9.17) is 4.74 Å². The molecule has 0 unspecified atom stereocenters. The van der Waals surface area contributed by atoms with E-state index in [1.54, 1.807) is 13.0 Å². The summed E-state index contributed by atoms with van der Waals surface area (Å²) in [5, 5.41) is 14.1. The van der Waals surface area contributed by atoms with Crippen LogP contribution in [0.15, 0.2) is 41.3 Å². The second-order valence-corrected chi connectivity index (χ2v) is 7.22. The van der Waals surface area contributed by atoms with E-state index in [0.717, 1.165) is 6.26 Å². The Morgan fingerprint density at radius 2 is 2.00 bits per heavy atom. The van der Waals surface area contributed by atoms with E-state index in [0.29, 0.717) is 12.2 Å². The number of ether oxygens (including phenoxy) is 1. The largest absolute Gasteiger partial charge is 0.491 e. The first-order chi connectivity index (χ1) is 11.7. The van der Waals surface area contributed by atoms with Crippen LogP contribution in [0.5, 0.6) is 5.75 Å². The molecule has 0 aliphatic carbocycles. The number of nitro groups is 1. The van der Waals surface area contributed by atoms with Crippen molar-refractivity contribution in [3.63, 3.8) is 0 Å². The molecule has 2 rings (SSSR count). The van der Waals surface area contributed by atoms with E-state index >= 15 is 0 Å². The summed E-state index contributed by atoms with van der Waals surface area (Å²) in [5.74, 6) is -0.420. The van der Waals surface area contributed by atoms with Crippen molar-refractivity contribution in [3.05, 3.63) is 57.9 Å². The molecular formula is C16H17FN2O5S. The summed E-state index contributed by atoms with van der Waals surface area (Å²) in [5.41, 5.74) is 0.0404. The van der Waals surface area contributed by atoms with Crippen molar-refractivity contribution in [1.82, 2.24) is 0 Å². The molecule has 0 heterocycles. The van der Waals surface area contributed by atoms with Crippen LogP contribution < -0.4 is 10.1 Å². The monoisotopic (exact) mass is 368 g/mol. The van der Waals surface area contributed by atoms with Crippen LogP contribution in [0.2, 0.25) is 0 Å². The SMILES string of the molecule is CCOc1ccc(CNc2cccc(S(C)(=O)=O)c2[N+](=O)[O-])cc1F. The molecule has 0 spiro atoms. The maximum absolute atomic E-state index is 13.9. The summed E-state index contributed by atoms with van der Waals surface area (Å²) in [6.07, 6.45) is 0.904. The summed E-state index contributed by atoms with van der Waals surface area (Å²) in [7, 11) is -3.76. The van der Waals surface area contributed by atoms with E-state index in [1.807, 2.05) is 0 Å². The number of halogens is 1. The highest BCUT2D eigenvalue weighted by Gasteiger charge is 2.25. The second kappa shape index (κ2) is 7.47. The van der Waals surface area contributed by atoms with Crippen LogP contribution in [0.1, 0.15) is 12.5 Å². The van der Waals surface area contributed by atoms with Gasteiger partial charge in [0.1, 0.15) is 10.6 Å². The summed E-state index contributed by atoms with van der Waals surface area (Å²) < 4.78 is 42.4. The van der Waals surface area contributed by atoms with Gasteiger partial charge in [-0.15, -0.1) is 0 Å². The van der Waals surface area contributed by atoms with Crippen LogP contribution >= 0.6 is 0 Å². The zero-order chi connectivity index (χ0) is 18.6. The lowest BCUT2D eigenvalue weighted by atomic mass is 10.2. The minimum Gasteiger partial charge on any atom is -0.491 e. The molecule has 0 fully saturated rings. The van der Waals surface area contributed by atoms with Crippen molar-refractivity contribution in [2.45, 2.75) is 18.4 Å². The first kappa shape index (κ1) is 18.7. The van der Waals surface area contributed by atoms with Gasteiger partial charge in [-0.25, -0.2) is 12.8 Å². The molecule has 0 saturated carbocycles. The van der Waals surface area contributed by atoms with Crippen molar-refractivity contribution in [2.24, 2.45) is 0 Å². The molecule has 0 bridgehead atoms. The standard InChI is InChI=1S/C16H17FN2O5S/c1-3-24-14-8-7-11(9-12(14)17)10-18-13-5-4-6-15(25(2,22)23)16(13)19(20)21/h4-9,18H,3,10H2,1-2H3. The highest BCUT2D eigenvalue weighted by atomic mass is 32.2. The predicted octanol–water partition coefficient (Wildman–Crippen LogP) is 3.15. The Labute approximate surface area is 144 Å². The minimum absolute atomic E-state index is 0.0437. The highest BCUT2D eigenvalue weighted by Crippen LogP contribution is 2.32. The van der Waals surface area contributed by atoms with Crippen molar-refractivity contribution < 1.29 is 22.5 Å². The van der Waals surface area contributed by atoms with Crippen molar-refractivity contribution in [1.29, 1.82) is 0 Å². The van der Waals surface area contributed by atoms with Gasteiger partial charge in [-0.05, 0) is 36.8 Å². The maximum atomic E-state index is 13.9. The van der Waals surface area contributed by atoms with Crippen LogP contribution in [0.4, 0.5) is 15.8 Å². The lowest BCUT2D eigenvalue weighted by Gasteiger charge is -2.11. The number of rotatable bonds is 7. The zero-order valence-corrected chi connectivity index (χ0v) is 14.5. The van der Waals surface area contributed by atoms with Crippen LogP contribution in [0, 0.1) is 15.9 Å². The fourth-order valence-electron chi connectivity index (χ4n) is 2.28. The minimum atomic E-state index is -3.76. The van der Waals surface area contributed by atoms with Gasteiger partial charge in [0, 0.05) is 12.8 Å². The van der Waals surface area contributed by atoms with E-state index in [1.165, 1.54) is 30.3 Å². The molecule has 2 aromatic rings. The molecule has 0 aliphatic heterocycles. The van der Waals surface area contributed by atoms with E-state index < -0.39 is 26.3 Å². The van der Waals surface area contributed by atoms with Gasteiger partial charge in [0.25, 0.3) is 0 Å². The molecule has 25 heavy (non-hydrogen) atoms. The lowest BCUT2D eigenvalue weighted by Crippen LogP contribution is -2.08. The molecule has 1 N–H and O–H groups in total. The maximum Gasteiger partial charge on any atom is 0.310 e. The van der Waals surface area contributed by atoms with Crippen LogP contribution in [-0.4, -0.2) is 26.2 Å². The Kier molecular flexibility index (Phi) is 5.58. The quantitative estimate of drug-likeness (QED) is 0.595. The highest BCUT2D eigenvalue weighted by molar-refractivity contribution is 7.90. The van der Waals surface area contributed by atoms with Gasteiger partial charge in [0.15, 0.2) is 21.4 Å². The Bertz CT molecular complexity index is 899. The molecule has 0 aliphatic rings. The first-order valence-corrected chi connectivity index (χ1v) is 9.25. The van der Waals surface area contributed by atoms with Crippen LogP contribution in [0.3, 0.4) is 0 Å². The Hall–Kier alpha value is -2.68.